The summed E-state index contributed by atoms with van der Waals surface area (Å²) in [6.45, 7) is 8.92. The van der Waals surface area contributed by atoms with Crippen molar-refractivity contribution in [3.8, 4) is 0 Å². The summed E-state index contributed by atoms with van der Waals surface area (Å²) in [5.74, 6) is 0.883. The van der Waals surface area contributed by atoms with E-state index in [4.69, 9.17) is 10.2 Å². The van der Waals surface area contributed by atoms with Gasteiger partial charge in [0.25, 0.3) is 5.91 Å². The van der Waals surface area contributed by atoms with Gasteiger partial charge in [0, 0.05) is 36.4 Å². The third-order valence-electron chi connectivity index (χ3n) is 6.70. The number of hydroxylamine groups is 1. The number of fused-ring (bicyclic) bond motifs is 1. The highest BCUT2D eigenvalue weighted by atomic mass is 16.5. The summed E-state index contributed by atoms with van der Waals surface area (Å²) < 4.78 is 2.14. The summed E-state index contributed by atoms with van der Waals surface area (Å²) in [6.07, 6.45) is 9.15. The van der Waals surface area contributed by atoms with Crippen molar-refractivity contribution in [2.75, 3.05) is 19.6 Å². The third-order valence-corrected chi connectivity index (χ3v) is 6.70. The van der Waals surface area contributed by atoms with Gasteiger partial charge in [0.1, 0.15) is 5.65 Å². The first-order chi connectivity index (χ1) is 15.6. The monoisotopic (exact) mass is 434 g/mol. The van der Waals surface area contributed by atoms with E-state index in [1.165, 1.54) is 56.3 Å². The van der Waals surface area contributed by atoms with Crippen LogP contribution in [0.2, 0.25) is 0 Å². The van der Waals surface area contributed by atoms with Crippen molar-refractivity contribution in [1.29, 1.82) is 0 Å². The van der Waals surface area contributed by atoms with E-state index in [1.807, 2.05) is 12.1 Å². The Morgan fingerprint density at radius 1 is 1.22 bits per heavy atom. The van der Waals surface area contributed by atoms with Crippen molar-refractivity contribution in [2.24, 2.45) is 5.92 Å². The molecule has 0 radical (unpaired) electrons. The Balaban J connectivity index is 1.39. The van der Waals surface area contributed by atoms with Crippen molar-refractivity contribution in [3.63, 3.8) is 0 Å². The van der Waals surface area contributed by atoms with Gasteiger partial charge >= 0.3 is 0 Å². The van der Waals surface area contributed by atoms with Crippen molar-refractivity contribution >= 4 is 16.9 Å². The highest BCUT2D eigenvalue weighted by Gasteiger charge is 2.22. The molecule has 2 N–H and O–H groups in total. The van der Waals surface area contributed by atoms with Gasteiger partial charge in [0.2, 0.25) is 0 Å². The van der Waals surface area contributed by atoms with E-state index < -0.39 is 5.91 Å². The fourth-order valence-corrected chi connectivity index (χ4v) is 4.94. The Morgan fingerprint density at radius 3 is 2.66 bits per heavy atom. The molecule has 3 aromatic rings. The van der Waals surface area contributed by atoms with Crippen molar-refractivity contribution in [2.45, 2.75) is 52.0 Å². The molecule has 4 rings (SSSR count). The molecule has 170 valence electrons. The Morgan fingerprint density at radius 2 is 1.97 bits per heavy atom. The highest BCUT2D eigenvalue weighted by molar-refractivity contribution is 5.93. The number of likely N-dealkylation sites (tertiary alicyclic amines) is 1. The van der Waals surface area contributed by atoms with Gasteiger partial charge in [-0.05, 0) is 79.6 Å². The summed E-state index contributed by atoms with van der Waals surface area (Å²) in [6, 6.07) is 11.7. The number of carbonyl (C=O) groups is 1. The number of hydrogen-bond donors (Lipinski definition) is 2. The average molecular weight is 435 g/mol. The molecule has 1 saturated heterocycles. The number of pyridine rings is 1. The molecule has 0 spiro atoms. The first-order valence-corrected chi connectivity index (χ1v) is 11.8. The standard InChI is InChI=1S/C26H34N4O2/c1-3-4-19(2)17-29-12-9-21(10-13-29)24-15-23-11-14-30(25(23)27-16-24)18-20-5-7-22(8-6-20)26(31)28-32/h5-8,11,14-16,19,21,32H,3-4,9-10,12-13,17-18H2,1-2H3,(H,28,31). The van der Waals surface area contributed by atoms with Crippen molar-refractivity contribution in [1.82, 2.24) is 19.9 Å². The lowest BCUT2D eigenvalue weighted by atomic mass is 9.89. The number of nitrogens with one attached hydrogen (secondary N) is 1. The van der Waals surface area contributed by atoms with E-state index in [2.05, 4.69) is 47.8 Å². The smallest absolute Gasteiger partial charge is 0.274 e. The van der Waals surface area contributed by atoms with Crippen LogP contribution in [0.15, 0.2) is 48.8 Å². The highest BCUT2D eigenvalue weighted by Crippen LogP contribution is 2.30. The lowest BCUT2D eigenvalue weighted by Crippen LogP contribution is -2.36. The Bertz CT molecular complexity index is 1040. The van der Waals surface area contributed by atoms with E-state index in [1.54, 1.807) is 17.6 Å². The lowest BCUT2D eigenvalue weighted by Gasteiger charge is -2.33. The van der Waals surface area contributed by atoms with Gasteiger partial charge < -0.3 is 9.47 Å². The molecular weight excluding hydrogens is 400 g/mol. The third kappa shape index (κ3) is 5.19. The van der Waals surface area contributed by atoms with Gasteiger partial charge in [0.05, 0.1) is 0 Å². The maximum atomic E-state index is 11.5. The van der Waals surface area contributed by atoms with Crippen LogP contribution >= 0.6 is 0 Å². The molecule has 32 heavy (non-hydrogen) atoms. The minimum atomic E-state index is -0.501. The average Bonchev–Trinajstić information content (AvgIpc) is 3.21. The summed E-state index contributed by atoms with van der Waals surface area (Å²) in [5.41, 5.74) is 5.51. The van der Waals surface area contributed by atoms with Gasteiger partial charge in [-0.1, -0.05) is 32.4 Å². The van der Waals surface area contributed by atoms with Crippen LogP contribution in [0.3, 0.4) is 0 Å². The summed E-state index contributed by atoms with van der Waals surface area (Å²) in [4.78, 5) is 18.9. The number of rotatable bonds is 8. The van der Waals surface area contributed by atoms with Crippen LogP contribution in [0.5, 0.6) is 0 Å². The van der Waals surface area contributed by atoms with Crippen LogP contribution in [0.25, 0.3) is 11.0 Å². The van der Waals surface area contributed by atoms with Crippen LogP contribution in [-0.2, 0) is 6.54 Å². The molecule has 0 saturated carbocycles. The number of hydrogen-bond acceptors (Lipinski definition) is 4. The van der Waals surface area contributed by atoms with Crippen LogP contribution in [0, 0.1) is 5.92 Å². The Hall–Kier alpha value is -2.70. The zero-order valence-electron chi connectivity index (χ0n) is 19.1. The molecule has 2 aromatic heterocycles. The van der Waals surface area contributed by atoms with Gasteiger partial charge in [-0.3, -0.25) is 10.0 Å². The normalized spacial score (nSPS) is 16.3. The van der Waals surface area contributed by atoms with Crippen LogP contribution in [0.1, 0.15) is 66.9 Å². The van der Waals surface area contributed by atoms with Gasteiger partial charge in [-0.25, -0.2) is 10.5 Å². The molecule has 1 aliphatic rings. The number of carbonyl (C=O) groups excluding carboxylic acids is 1. The molecule has 1 unspecified atom stereocenters. The number of nitrogens with zero attached hydrogens (tertiary/aromatic N) is 3. The second-order valence-corrected chi connectivity index (χ2v) is 9.23. The maximum absolute atomic E-state index is 11.5. The van der Waals surface area contributed by atoms with Crippen molar-refractivity contribution in [3.05, 3.63) is 65.5 Å². The lowest BCUT2D eigenvalue weighted by molar-refractivity contribution is 0.0706. The molecule has 6 heteroatoms. The Labute approximate surface area is 190 Å². The molecule has 1 aliphatic heterocycles. The van der Waals surface area contributed by atoms with E-state index in [9.17, 15) is 4.79 Å². The van der Waals surface area contributed by atoms with Gasteiger partial charge in [-0.2, -0.15) is 0 Å². The molecule has 0 aliphatic carbocycles. The van der Waals surface area contributed by atoms with E-state index in [-0.39, 0.29) is 0 Å². The SMILES string of the molecule is CCCC(C)CN1CCC(c2cnc3c(ccn3Cc3ccc(C(=O)NO)cc3)c2)CC1. The van der Waals surface area contributed by atoms with E-state index in [0.29, 0.717) is 18.0 Å². The fourth-order valence-electron chi connectivity index (χ4n) is 4.94. The van der Waals surface area contributed by atoms with E-state index in [0.717, 1.165) is 17.1 Å². The largest absolute Gasteiger partial charge is 0.328 e. The topological polar surface area (TPSA) is 70.4 Å². The Kier molecular flexibility index (Phi) is 7.22. The summed E-state index contributed by atoms with van der Waals surface area (Å²) in [7, 11) is 0. The number of piperidine rings is 1. The maximum Gasteiger partial charge on any atom is 0.274 e. The van der Waals surface area contributed by atoms with Gasteiger partial charge in [0.15, 0.2) is 0 Å². The minimum Gasteiger partial charge on any atom is -0.328 e. The molecule has 1 amide bonds. The molecule has 1 fully saturated rings. The molecule has 3 heterocycles. The molecule has 1 atom stereocenters. The fraction of sp³-hybridized carbons (Fsp3) is 0.462. The molecular formula is C26H34N4O2. The summed E-state index contributed by atoms with van der Waals surface area (Å²) >= 11 is 0. The van der Waals surface area contributed by atoms with Crippen LogP contribution < -0.4 is 5.48 Å². The summed E-state index contributed by atoms with van der Waals surface area (Å²) in [5, 5.41) is 9.93. The predicted octanol–water partition coefficient (Wildman–Crippen LogP) is 4.82. The first kappa shape index (κ1) is 22.5. The van der Waals surface area contributed by atoms with Crippen molar-refractivity contribution < 1.29 is 10.0 Å². The zero-order valence-corrected chi connectivity index (χ0v) is 19.1. The number of benzene rings is 1. The van der Waals surface area contributed by atoms with Crippen LogP contribution in [-0.4, -0.2) is 45.2 Å². The second-order valence-electron chi connectivity index (χ2n) is 9.23. The molecule has 6 nitrogen and oxygen atoms in total. The zero-order chi connectivity index (χ0) is 22.5. The van der Waals surface area contributed by atoms with Crippen LogP contribution in [0.4, 0.5) is 0 Å². The molecule has 0 bridgehead atoms. The first-order valence-electron chi connectivity index (χ1n) is 11.8. The minimum absolute atomic E-state index is 0.433. The van der Waals surface area contributed by atoms with Gasteiger partial charge in [-0.15, -0.1) is 0 Å². The second kappa shape index (κ2) is 10.3. The quantitative estimate of drug-likeness (QED) is 0.394. The molecule has 1 aromatic carbocycles. The number of amides is 1. The number of aromatic nitrogens is 2. The predicted molar refractivity (Wildman–Crippen MR) is 127 cm³/mol. The van der Waals surface area contributed by atoms with E-state index >= 15 is 0 Å².